The Balaban J connectivity index is 1.63. The first-order valence-electron chi connectivity index (χ1n) is 8.36. The first-order chi connectivity index (χ1) is 10.8. The van der Waals surface area contributed by atoms with Crippen molar-refractivity contribution in [1.82, 2.24) is 4.90 Å². The van der Waals surface area contributed by atoms with Crippen LogP contribution in [0, 0.1) is 17.7 Å². The molecule has 3 N–H and O–H groups in total. The number of rotatable bonds is 3. The zero-order chi connectivity index (χ0) is 16.8. The molecule has 0 atom stereocenters. The molecule has 1 saturated carbocycles. The van der Waals surface area contributed by atoms with Crippen molar-refractivity contribution in [2.24, 2.45) is 17.6 Å². The molecular weight excluding hydrogens is 295 g/mol. The van der Waals surface area contributed by atoms with Gasteiger partial charge in [0.1, 0.15) is 0 Å². The number of hydrogen-bond acceptors (Lipinski definition) is 3. The Labute approximate surface area is 136 Å². The highest BCUT2D eigenvalue weighted by Crippen LogP contribution is 2.36. The Kier molecular flexibility index (Phi) is 4.08. The number of carbonyl (C=O) groups is 1. The Morgan fingerprint density at radius 3 is 2.57 bits per heavy atom. The van der Waals surface area contributed by atoms with Crippen LogP contribution in [0.2, 0.25) is 0 Å². The third-order valence-corrected chi connectivity index (χ3v) is 5.45. The summed E-state index contributed by atoms with van der Waals surface area (Å²) in [6.07, 6.45) is 4.27. The summed E-state index contributed by atoms with van der Waals surface area (Å²) in [4.78, 5) is 14.1. The maximum absolute atomic E-state index is 14.0. The summed E-state index contributed by atoms with van der Waals surface area (Å²) in [5.74, 6) is -0.564. The third-order valence-electron chi connectivity index (χ3n) is 5.45. The van der Waals surface area contributed by atoms with Crippen molar-refractivity contribution in [2.45, 2.75) is 51.6 Å². The number of phenolic OH excluding ortho intramolecular Hbond substituents is 1. The summed E-state index contributed by atoms with van der Waals surface area (Å²) in [5.41, 5.74) is 6.76. The van der Waals surface area contributed by atoms with Crippen LogP contribution in [0.5, 0.6) is 5.75 Å². The first-order valence-corrected chi connectivity index (χ1v) is 8.36. The van der Waals surface area contributed by atoms with Gasteiger partial charge in [-0.3, -0.25) is 4.79 Å². The fourth-order valence-corrected chi connectivity index (χ4v) is 3.95. The molecule has 0 radical (unpaired) electrons. The molecule has 4 nitrogen and oxygen atoms in total. The van der Waals surface area contributed by atoms with Crippen LogP contribution in [0.1, 0.15) is 55.5 Å². The van der Waals surface area contributed by atoms with Gasteiger partial charge in [0.05, 0.1) is 5.56 Å². The predicted molar refractivity (Wildman–Crippen MR) is 86.5 cm³/mol. The van der Waals surface area contributed by atoms with E-state index in [1.54, 1.807) is 11.0 Å². The summed E-state index contributed by atoms with van der Waals surface area (Å²) >= 11 is 0. The van der Waals surface area contributed by atoms with Gasteiger partial charge in [-0.15, -0.1) is 0 Å². The number of aromatic hydroxyl groups is 1. The maximum Gasteiger partial charge on any atom is 0.257 e. The fraction of sp³-hybridized carbons (Fsp3) is 0.611. The molecule has 1 heterocycles. The molecule has 5 heteroatoms. The van der Waals surface area contributed by atoms with Crippen LogP contribution in [-0.2, 0) is 6.54 Å². The van der Waals surface area contributed by atoms with Gasteiger partial charge in [0.2, 0.25) is 0 Å². The minimum absolute atomic E-state index is 0.0433. The monoisotopic (exact) mass is 320 g/mol. The zero-order valence-electron chi connectivity index (χ0n) is 13.8. The molecule has 1 aromatic carbocycles. The van der Waals surface area contributed by atoms with Crippen LogP contribution >= 0.6 is 0 Å². The standard InChI is InChI=1S/C18H25FN2O2/c1-18(2,20)13-6-3-11(4-7-13)9-21-10-12-5-8-14(22)16(19)15(12)17(21)23/h5,8,11,13,22H,3-4,6-7,9-10,20H2,1-2H3. The van der Waals surface area contributed by atoms with Gasteiger partial charge < -0.3 is 15.7 Å². The molecule has 1 fully saturated rings. The van der Waals surface area contributed by atoms with E-state index < -0.39 is 11.6 Å². The Morgan fingerprint density at radius 1 is 1.30 bits per heavy atom. The van der Waals surface area contributed by atoms with Crippen LogP contribution in [-0.4, -0.2) is 28.0 Å². The number of amides is 1. The summed E-state index contributed by atoms with van der Waals surface area (Å²) in [6.45, 7) is 5.25. The molecule has 126 valence electrons. The molecule has 1 amide bonds. The van der Waals surface area contributed by atoms with Gasteiger partial charge in [-0.05, 0) is 63.0 Å². The summed E-state index contributed by atoms with van der Waals surface area (Å²) in [7, 11) is 0. The van der Waals surface area contributed by atoms with Crippen LogP contribution in [0.3, 0.4) is 0 Å². The van der Waals surface area contributed by atoms with E-state index in [1.165, 1.54) is 6.07 Å². The number of halogens is 1. The normalized spacial score (nSPS) is 24.9. The van der Waals surface area contributed by atoms with Gasteiger partial charge in [0.25, 0.3) is 5.91 Å². The molecule has 0 bridgehead atoms. The summed E-state index contributed by atoms with van der Waals surface area (Å²) in [5, 5.41) is 9.46. The SMILES string of the molecule is CC(C)(N)C1CCC(CN2Cc3ccc(O)c(F)c3C2=O)CC1. The molecule has 0 unspecified atom stereocenters. The summed E-state index contributed by atoms with van der Waals surface area (Å²) in [6, 6.07) is 2.96. The van der Waals surface area contributed by atoms with Crippen molar-refractivity contribution in [2.75, 3.05) is 6.54 Å². The van der Waals surface area contributed by atoms with Crippen LogP contribution in [0.4, 0.5) is 4.39 Å². The largest absolute Gasteiger partial charge is 0.505 e. The number of benzene rings is 1. The van der Waals surface area contributed by atoms with E-state index in [9.17, 15) is 14.3 Å². The second-order valence-corrected chi connectivity index (χ2v) is 7.66. The highest BCUT2D eigenvalue weighted by Gasteiger charge is 2.35. The lowest BCUT2D eigenvalue weighted by atomic mass is 9.73. The Hall–Kier alpha value is -1.62. The number of carbonyl (C=O) groups excluding carboxylic acids is 1. The van der Waals surface area contributed by atoms with Crippen molar-refractivity contribution < 1.29 is 14.3 Å². The molecule has 0 aromatic heterocycles. The minimum atomic E-state index is -0.788. The lowest BCUT2D eigenvalue weighted by molar-refractivity contribution is 0.0715. The topological polar surface area (TPSA) is 66.6 Å². The average Bonchev–Trinajstić information content (AvgIpc) is 2.80. The van der Waals surface area contributed by atoms with Gasteiger partial charge >= 0.3 is 0 Å². The molecule has 0 spiro atoms. The lowest BCUT2D eigenvalue weighted by Crippen LogP contribution is -2.43. The molecule has 23 heavy (non-hydrogen) atoms. The van der Waals surface area contributed by atoms with Crippen LogP contribution in [0.25, 0.3) is 0 Å². The van der Waals surface area contributed by atoms with Crippen molar-refractivity contribution in [1.29, 1.82) is 0 Å². The van der Waals surface area contributed by atoms with Crippen molar-refractivity contribution in [3.8, 4) is 5.75 Å². The quantitative estimate of drug-likeness (QED) is 0.899. The highest BCUT2D eigenvalue weighted by atomic mass is 19.1. The first kappa shape index (κ1) is 16.2. The van der Waals surface area contributed by atoms with E-state index in [-0.39, 0.29) is 17.0 Å². The molecule has 3 rings (SSSR count). The molecule has 1 aliphatic heterocycles. The Bertz CT molecular complexity index is 616. The number of fused-ring (bicyclic) bond motifs is 1. The van der Waals surface area contributed by atoms with Crippen molar-refractivity contribution in [3.05, 3.63) is 29.1 Å². The lowest BCUT2D eigenvalue weighted by Gasteiger charge is -2.37. The minimum Gasteiger partial charge on any atom is -0.505 e. The van der Waals surface area contributed by atoms with Gasteiger partial charge in [-0.1, -0.05) is 6.07 Å². The highest BCUT2D eigenvalue weighted by molar-refractivity contribution is 5.99. The molecule has 1 aromatic rings. The van der Waals surface area contributed by atoms with Crippen LogP contribution in [0.15, 0.2) is 12.1 Å². The maximum atomic E-state index is 14.0. The predicted octanol–water partition coefficient (Wildman–Crippen LogP) is 3.03. The van der Waals surface area contributed by atoms with Crippen molar-refractivity contribution in [3.63, 3.8) is 0 Å². The van der Waals surface area contributed by atoms with E-state index in [2.05, 4.69) is 13.8 Å². The van der Waals surface area contributed by atoms with Gasteiger partial charge in [-0.25, -0.2) is 4.39 Å². The van der Waals surface area contributed by atoms with Crippen LogP contribution < -0.4 is 5.73 Å². The zero-order valence-corrected chi connectivity index (χ0v) is 13.8. The van der Waals surface area contributed by atoms with E-state index in [0.29, 0.717) is 30.5 Å². The molecule has 1 aliphatic carbocycles. The number of phenols is 1. The molecule has 2 aliphatic rings. The number of hydrogen-bond donors (Lipinski definition) is 2. The van der Waals surface area contributed by atoms with E-state index in [1.807, 2.05) is 0 Å². The second-order valence-electron chi connectivity index (χ2n) is 7.66. The number of nitrogens with two attached hydrogens (primary N) is 1. The average molecular weight is 320 g/mol. The van der Waals surface area contributed by atoms with E-state index in [0.717, 1.165) is 25.7 Å². The Morgan fingerprint density at radius 2 is 1.96 bits per heavy atom. The van der Waals surface area contributed by atoms with Gasteiger partial charge in [0, 0.05) is 18.6 Å². The van der Waals surface area contributed by atoms with E-state index >= 15 is 0 Å². The fourth-order valence-electron chi connectivity index (χ4n) is 3.95. The van der Waals surface area contributed by atoms with E-state index in [4.69, 9.17) is 5.73 Å². The molecule has 0 saturated heterocycles. The summed E-state index contributed by atoms with van der Waals surface area (Å²) < 4.78 is 14.0. The second kappa shape index (κ2) is 5.78. The molecular formula is C18H25FN2O2. The smallest absolute Gasteiger partial charge is 0.257 e. The van der Waals surface area contributed by atoms with Crippen molar-refractivity contribution >= 4 is 5.91 Å². The third kappa shape index (κ3) is 3.07. The number of nitrogens with zero attached hydrogens (tertiary/aromatic N) is 1. The van der Waals surface area contributed by atoms with Gasteiger partial charge in [0.15, 0.2) is 11.6 Å². The van der Waals surface area contributed by atoms with Gasteiger partial charge in [-0.2, -0.15) is 0 Å².